The molecule has 2 atom stereocenters. The van der Waals surface area contributed by atoms with Crippen LogP contribution in [0.1, 0.15) is 50.4 Å². The Labute approximate surface area is 121 Å². The number of piperidine rings is 1. The summed E-state index contributed by atoms with van der Waals surface area (Å²) in [5.41, 5.74) is 0.688. The van der Waals surface area contributed by atoms with E-state index in [4.69, 9.17) is 0 Å². The number of hydrogen-bond donors (Lipinski definition) is 1. The molecule has 0 aliphatic carbocycles. The zero-order valence-electron chi connectivity index (χ0n) is 12.7. The lowest BCUT2D eigenvalue weighted by Gasteiger charge is -2.36. The summed E-state index contributed by atoms with van der Waals surface area (Å²) in [5.74, 6) is 1.54. The monoisotopic (exact) mass is 275 g/mol. The van der Waals surface area contributed by atoms with Gasteiger partial charge >= 0.3 is 0 Å². The quantitative estimate of drug-likeness (QED) is 0.918. The molecule has 0 spiro atoms. The van der Waals surface area contributed by atoms with Gasteiger partial charge in [-0.2, -0.15) is 0 Å². The van der Waals surface area contributed by atoms with E-state index in [0.717, 1.165) is 31.7 Å². The van der Waals surface area contributed by atoms with Gasteiger partial charge in [0.2, 0.25) is 0 Å². The number of carbonyl (C=O) groups excluding carboxylic acids is 1. The van der Waals surface area contributed by atoms with Gasteiger partial charge in [0.25, 0.3) is 5.91 Å². The highest BCUT2D eigenvalue weighted by atomic mass is 16.2. The minimum Gasteiger partial charge on any atom is -0.370 e. The molecule has 0 radical (unpaired) electrons. The summed E-state index contributed by atoms with van der Waals surface area (Å²) in [6.45, 7) is 8.22. The number of anilines is 1. The van der Waals surface area contributed by atoms with Crippen LogP contribution in [0.3, 0.4) is 0 Å². The van der Waals surface area contributed by atoms with Gasteiger partial charge in [0, 0.05) is 25.3 Å². The van der Waals surface area contributed by atoms with Crippen LogP contribution < -0.4 is 5.32 Å². The Kier molecular flexibility index (Phi) is 4.99. The van der Waals surface area contributed by atoms with Crippen molar-refractivity contribution in [3.63, 3.8) is 0 Å². The second-order valence-corrected chi connectivity index (χ2v) is 5.85. The summed E-state index contributed by atoms with van der Waals surface area (Å²) < 4.78 is 0. The van der Waals surface area contributed by atoms with E-state index in [1.54, 1.807) is 6.20 Å². The zero-order chi connectivity index (χ0) is 14.5. The van der Waals surface area contributed by atoms with Crippen LogP contribution in [0.2, 0.25) is 0 Å². The predicted molar refractivity (Wildman–Crippen MR) is 81.9 cm³/mol. The molecule has 1 fully saturated rings. The fourth-order valence-electron chi connectivity index (χ4n) is 2.62. The van der Waals surface area contributed by atoms with Crippen molar-refractivity contribution in [1.29, 1.82) is 0 Å². The Bertz CT molecular complexity index is 444. The van der Waals surface area contributed by atoms with Gasteiger partial charge in [-0.25, -0.2) is 4.98 Å². The first-order valence-electron chi connectivity index (χ1n) is 7.62. The molecule has 1 aromatic heterocycles. The number of carbonyl (C=O) groups is 1. The SMILES string of the molecule is CCCNc1ccc(C(=O)N2CC(C)CCC2C)cn1. The highest BCUT2D eigenvalue weighted by molar-refractivity contribution is 5.94. The molecule has 4 nitrogen and oxygen atoms in total. The number of aromatic nitrogens is 1. The number of hydrogen-bond acceptors (Lipinski definition) is 3. The third-order valence-corrected chi connectivity index (χ3v) is 3.95. The van der Waals surface area contributed by atoms with Crippen LogP contribution >= 0.6 is 0 Å². The lowest BCUT2D eigenvalue weighted by molar-refractivity contribution is 0.0573. The van der Waals surface area contributed by atoms with Gasteiger partial charge in [-0.3, -0.25) is 4.79 Å². The Morgan fingerprint density at radius 3 is 2.85 bits per heavy atom. The molecular weight excluding hydrogens is 250 g/mol. The van der Waals surface area contributed by atoms with Crippen molar-refractivity contribution in [2.45, 2.75) is 46.1 Å². The van der Waals surface area contributed by atoms with Crippen LogP contribution in [-0.2, 0) is 0 Å². The second-order valence-electron chi connectivity index (χ2n) is 5.85. The maximum atomic E-state index is 12.5. The van der Waals surface area contributed by atoms with Crippen LogP contribution in [0.4, 0.5) is 5.82 Å². The molecule has 1 amide bonds. The van der Waals surface area contributed by atoms with Crippen molar-refractivity contribution >= 4 is 11.7 Å². The molecule has 1 aromatic rings. The van der Waals surface area contributed by atoms with E-state index >= 15 is 0 Å². The first kappa shape index (κ1) is 14.8. The molecule has 2 heterocycles. The zero-order valence-corrected chi connectivity index (χ0v) is 12.7. The van der Waals surface area contributed by atoms with E-state index in [0.29, 0.717) is 17.5 Å². The lowest BCUT2D eigenvalue weighted by Crippen LogP contribution is -2.44. The average Bonchev–Trinajstić information content (AvgIpc) is 2.47. The molecular formula is C16H25N3O. The van der Waals surface area contributed by atoms with Crippen LogP contribution in [-0.4, -0.2) is 34.9 Å². The molecule has 1 N–H and O–H groups in total. The fourth-order valence-corrected chi connectivity index (χ4v) is 2.62. The van der Waals surface area contributed by atoms with E-state index in [-0.39, 0.29) is 5.91 Å². The molecule has 1 aliphatic rings. The van der Waals surface area contributed by atoms with E-state index in [2.05, 4.69) is 31.1 Å². The molecule has 0 bridgehead atoms. The molecule has 20 heavy (non-hydrogen) atoms. The third-order valence-electron chi connectivity index (χ3n) is 3.95. The minimum atomic E-state index is 0.110. The minimum absolute atomic E-state index is 0.110. The highest BCUT2D eigenvalue weighted by Gasteiger charge is 2.27. The summed E-state index contributed by atoms with van der Waals surface area (Å²) in [6.07, 6.45) is 5.05. The Morgan fingerprint density at radius 2 is 2.20 bits per heavy atom. The number of likely N-dealkylation sites (tertiary alicyclic amines) is 1. The summed E-state index contributed by atoms with van der Waals surface area (Å²) in [7, 11) is 0. The standard InChI is InChI=1S/C16H25N3O/c1-4-9-17-15-8-7-14(10-18-15)16(20)19-11-12(2)5-6-13(19)3/h7-8,10,12-13H,4-6,9,11H2,1-3H3,(H,17,18). The number of pyridine rings is 1. The summed E-state index contributed by atoms with van der Waals surface area (Å²) in [6, 6.07) is 4.09. The molecule has 2 unspecified atom stereocenters. The maximum absolute atomic E-state index is 12.5. The third kappa shape index (κ3) is 3.50. The van der Waals surface area contributed by atoms with Crippen molar-refractivity contribution in [1.82, 2.24) is 9.88 Å². The lowest BCUT2D eigenvalue weighted by atomic mass is 9.94. The second kappa shape index (κ2) is 6.73. The normalized spacial score (nSPS) is 22.6. The molecule has 110 valence electrons. The molecule has 0 saturated carbocycles. The van der Waals surface area contributed by atoms with Gasteiger partial charge in [-0.1, -0.05) is 13.8 Å². The van der Waals surface area contributed by atoms with Gasteiger partial charge in [0.05, 0.1) is 5.56 Å². The summed E-state index contributed by atoms with van der Waals surface area (Å²) >= 11 is 0. The molecule has 2 rings (SSSR count). The summed E-state index contributed by atoms with van der Waals surface area (Å²) in [4.78, 5) is 18.9. The average molecular weight is 275 g/mol. The van der Waals surface area contributed by atoms with Crippen molar-refractivity contribution < 1.29 is 4.79 Å². The van der Waals surface area contributed by atoms with Crippen molar-refractivity contribution in [3.8, 4) is 0 Å². The smallest absolute Gasteiger partial charge is 0.255 e. The largest absolute Gasteiger partial charge is 0.370 e. The van der Waals surface area contributed by atoms with Gasteiger partial charge in [0.15, 0.2) is 0 Å². The van der Waals surface area contributed by atoms with Gasteiger partial charge < -0.3 is 10.2 Å². The van der Waals surface area contributed by atoms with Crippen molar-refractivity contribution in [2.24, 2.45) is 5.92 Å². The highest BCUT2D eigenvalue weighted by Crippen LogP contribution is 2.23. The number of nitrogens with one attached hydrogen (secondary N) is 1. The summed E-state index contributed by atoms with van der Waals surface area (Å²) in [5, 5.41) is 3.22. The Hall–Kier alpha value is -1.58. The Balaban J connectivity index is 2.04. The maximum Gasteiger partial charge on any atom is 0.255 e. The van der Waals surface area contributed by atoms with Crippen LogP contribution in [0.15, 0.2) is 18.3 Å². The van der Waals surface area contributed by atoms with E-state index in [1.165, 1.54) is 6.42 Å². The van der Waals surface area contributed by atoms with E-state index in [1.807, 2.05) is 17.0 Å². The first-order valence-corrected chi connectivity index (χ1v) is 7.62. The van der Waals surface area contributed by atoms with Gasteiger partial charge in [-0.15, -0.1) is 0 Å². The van der Waals surface area contributed by atoms with Gasteiger partial charge in [-0.05, 0) is 44.2 Å². The molecule has 1 saturated heterocycles. The first-order chi connectivity index (χ1) is 9.61. The Morgan fingerprint density at radius 1 is 1.40 bits per heavy atom. The van der Waals surface area contributed by atoms with Crippen LogP contribution in [0, 0.1) is 5.92 Å². The van der Waals surface area contributed by atoms with Crippen LogP contribution in [0.5, 0.6) is 0 Å². The topological polar surface area (TPSA) is 45.2 Å². The predicted octanol–water partition coefficient (Wildman–Crippen LogP) is 3.16. The molecule has 0 aromatic carbocycles. The van der Waals surface area contributed by atoms with Crippen LogP contribution in [0.25, 0.3) is 0 Å². The van der Waals surface area contributed by atoms with E-state index in [9.17, 15) is 4.79 Å². The molecule has 1 aliphatic heterocycles. The van der Waals surface area contributed by atoms with Gasteiger partial charge in [0.1, 0.15) is 5.82 Å². The van der Waals surface area contributed by atoms with Crippen molar-refractivity contribution in [2.75, 3.05) is 18.4 Å². The van der Waals surface area contributed by atoms with Crippen molar-refractivity contribution in [3.05, 3.63) is 23.9 Å². The number of rotatable bonds is 4. The number of nitrogens with zero attached hydrogens (tertiary/aromatic N) is 2. The molecule has 4 heteroatoms. The number of amides is 1. The fraction of sp³-hybridized carbons (Fsp3) is 0.625. The van der Waals surface area contributed by atoms with E-state index < -0.39 is 0 Å².